The van der Waals surface area contributed by atoms with E-state index in [2.05, 4.69) is 62.5 Å². The first-order valence-corrected chi connectivity index (χ1v) is 52.0. The fourth-order valence-corrected chi connectivity index (χ4v) is 18.5. The number of nitrogens with one attached hydrogen (secondary N) is 4. The summed E-state index contributed by atoms with van der Waals surface area (Å²) in [5, 5.41) is 203. The average Bonchev–Trinajstić information content (AvgIpc) is 0.966. The van der Waals surface area contributed by atoms with Crippen LogP contribution in [0.5, 0.6) is 23.0 Å². The number of methoxy groups -OCH3 is 1. The Morgan fingerprint density at radius 1 is 0.320 bits per heavy atom. The number of aliphatic hydroxyl groups excluding tert-OH is 16. The molecule has 4 amide bonds. The second-order valence-corrected chi connectivity index (χ2v) is 39.8. The quantitative estimate of drug-likeness (QED) is 0.00730. The SMILES string of the molecule is CO[C@H]1O[C@H](COP(=O)(O)OCCCc2cn(CC(=O)Nc3ccc(O[C@@H]4O[C@H](CO)[C@H](O)[C@H](O)[C@H]4O)cc3)nn2)[C@@H](OP(=O)(O)OCCCc2cn(CC(=O)Nc3ccc(O[C@@H]4O[C@H](CO)[C@H](O)[C@H](O)[C@H]4O)cc3)nn2)[C@H](OP(=O)(O)OCCCc2cn(CC(=O)Nc3ccc(O[C@@H]4O[C@H](CO)[C@H](O)[C@H](O)[C@H]4O)cc3)nn2)[C@@H]1OOP(=O)(O)OCCCc1cn(CC(=O)Nc2ccc(O[C@@H]3O[C@H](CO)[C@H](O)[C@H](O)[C@H]3O)cc2)nn1. The van der Waals surface area contributed by atoms with E-state index in [0.717, 1.165) is 25.8 Å². The molecule has 67 heteroatoms. The third-order valence-corrected chi connectivity index (χ3v) is 26.6. The number of carbonyl (C=O) groups excluding carboxylic acids is 4. The second kappa shape index (κ2) is 54.2. The topological polar surface area (TPSA) is 887 Å². The Morgan fingerprint density at radius 2 is 0.573 bits per heavy atom. The minimum Gasteiger partial charge on any atom is -0.462 e. The molecule has 0 bridgehead atoms. The molecule has 4 unspecified atom stereocenters. The monoisotopic (exact) mass is 2210 g/mol. The number of amides is 4. The summed E-state index contributed by atoms with van der Waals surface area (Å²) in [6, 6.07) is 22.5. The van der Waals surface area contributed by atoms with E-state index in [1.807, 2.05) is 0 Å². The number of hydrogen-bond donors (Lipinski definition) is 24. The Labute approximate surface area is 848 Å². The molecule has 63 nitrogen and oxygen atoms in total. The van der Waals surface area contributed by atoms with Crippen LogP contribution in [-0.4, -0.2) is 405 Å². The van der Waals surface area contributed by atoms with Crippen molar-refractivity contribution in [3.63, 3.8) is 0 Å². The van der Waals surface area contributed by atoms with Crippen LogP contribution >= 0.6 is 31.3 Å². The number of aryl methyl sites for hydroxylation is 4. The zero-order valence-electron chi connectivity index (χ0n) is 79.0. The van der Waals surface area contributed by atoms with Crippen molar-refractivity contribution >= 4 is 77.7 Å². The average molecular weight is 2210 g/mol. The van der Waals surface area contributed by atoms with Crippen LogP contribution in [0.25, 0.3) is 0 Å². The Hall–Kier alpha value is -9.96. The maximum Gasteiger partial charge on any atom is 0.499 e. The standard InChI is InChI=1S/C83H114N16O47P4/c1-128-83-78(143-146-150(126,127)132-29-5-9-50-33-99(95-91-50)37-63(107)87-46-16-24-54(25-17-46)137-82-75(119)71(115)67(111)58(41-103)141-82)77(145-149(124,125)131-28-4-8-49-32-98(94-90-49)36-62(106)86-45-14-22-53(23-15-45)136-81-74(118)70(114)66(110)57(40-102)140-81)76(144-148(122,123)130-27-3-7-48-31-97(93-89-48)35-61(105)85-44-12-20-52(21-13-44)135-80-73(117)69(113)65(109)56(39-101)139-80)59(142-83)42-133-147(120,121)129-26-2-6-47-30-96(92-88-47)34-60(104)84-43-10-18-51(19-11-43)134-79-72(116)68(112)64(108)55(38-100)138-79/h10-25,30-33,55-59,64-83,100-103,108-119H,2-9,26-29,34-42H2,1H3,(H,84,104)(H,85,105)(H,86,106)(H,87,107)(H,120,121)(H,122,123)(H,124,125)(H,126,127)/t55-,56-,57-,58-,59-,64+,65+,66+,67+,68+,69+,70+,71+,72-,73-,74-,75-,76-,77+,78+,79-,80-,81-,82-,83+/m1/s1. The van der Waals surface area contributed by atoms with Gasteiger partial charge in [0, 0.05) is 54.6 Å². The second-order valence-electron chi connectivity index (χ2n) is 34.2. The van der Waals surface area contributed by atoms with Gasteiger partial charge in [-0.3, -0.25) is 50.8 Å². The summed E-state index contributed by atoms with van der Waals surface area (Å²) in [6.45, 7) is -8.37. The van der Waals surface area contributed by atoms with Crippen LogP contribution in [0.15, 0.2) is 122 Å². The van der Waals surface area contributed by atoms with E-state index in [-0.39, 0.29) is 126 Å². The lowest BCUT2D eigenvalue weighted by atomic mass is 9.99. The molecule has 4 aromatic carbocycles. The molecule has 5 aliphatic rings. The predicted molar refractivity (Wildman–Crippen MR) is 492 cm³/mol. The molecule has 0 aliphatic carbocycles. The lowest BCUT2D eigenvalue weighted by Gasteiger charge is -2.44. The van der Waals surface area contributed by atoms with Crippen LogP contribution in [0.2, 0.25) is 0 Å². The molecule has 24 N–H and O–H groups in total. The first-order valence-electron chi connectivity index (χ1n) is 46.0. The lowest BCUT2D eigenvalue weighted by molar-refractivity contribution is -0.370. The van der Waals surface area contributed by atoms with Gasteiger partial charge in [-0.05, 0) is 148 Å². The molecule has 0 saturated carbocycles. The highest BCUT2D eigenvalue weighted by Crippen LogP contribution is 2.55. The number of rotatable bonds is 55. The first kappa shape index (κ1) is 117. The summed E-state index contributed by atoms with van der Waals surface area (Å²) in [7, 11) is -21.5. The number of phosphoric acid groups is 4. The highest BCUT2D eigenvalue weighted by molar-refractivity contribution is 7.48. The zero-order chi connectivity index (χ0) is 108. The number of hydrogen-bond acceptors (Lipinski definition) is 51. The number of aliphatic hydroxyl groups is 16. The summed E-state index contributed by atoms with van der Waals surface area (Å²) >= 11 is 0. The van der Waals surface area contributed by atoms with Crippen molar-refractivity contribution in [1.82, 2.24) is 60.0 Å². The van der Waals surface area contributed by atoms with Crippen molar-refractivity contribution < 1.29 is 227 Å². The Morgan fingerprint density at radius 3 is 0.840 bits per heavy atom. The molecule has 29 atom stereocenters. The van der Waals surface area contributed by atoms with E-state index in [0.29, 0.717) is 0 Å². The molecule has 13 rings (SSSR count). The molecule has 5 aliphatic heterocycles. The van der Waals surface area contributed by atoms with E-state index < -0.39 is 288 Å². The van der Waals surface area contributed by atoms with Gasteiger partial charge in [0.25, 0.3) is 0 Å². The lowest BCUT2D eigenvalue weighted by Crippen LogP contribution is -2.61. The van der Waals surface area contributed by atoms with E-state index >= 15 is 0 Å². The normalized spacial score (nSPS) is 28.7. The molecule has 4 aromatic heterocycles. The molecule has 0 radical (unpaired) electrons. The Bertz CT molecular complexity index is 5830. The van der Waals surface area contributed by atoms with Gasteiger partial charge in [-0.2, -0.15) is 0 Å². The van der Waals surface area contributed by atoms with Crippen molar-refractivity contribution in [3.8, 4) is 23.0 Å². The molecule has 150 heavy (non-hydrogen) atoms. The maximum atomic E-state index is 14.5. The number of nitrogens with zero attached hydrogens (tertiary/aromatic N) is 12. The Kier molecular flexibility index (Phi) is 42.3. The number of phosphoric ester groups is 4. The molecule has 5 fully saturated rings. The Balaban J connectivity index is 0.658. The van der Waals surface area contributed by atoms with Gasteiger partial charge in [-0.25, -0.2) is 41.9 Å². The first-order chi connectivity index (χ1) is 71.5. The zero-order valence-corrected chi connectivity index (χ0v) is 82.5. The fourth-order valence-electron chi connectivity index (χ4n) is 15.2. The summed E-state index contributed by atoms with van der Waals surface area (Å²) in [5.74, 6) is -2.01. The van der Waals surface area contributed by atoms with Crippen LogP contribution in [0.1, 0.15) is 48.5 Å². The van der Waals surface area contributed by atoms with E-state index in [1.54, 1.807) is 0 Å². The molecule has 9 heterocycles. The number of carbonyl (C=O) groups is 4. The smallest absolute Gasteiger partial charge is 0.462 e. The van der Waals surface area contributed by atoms with Crippen LogP contribution in [-0.2, 0) is 159 Å². The molecule has 0 spiro atoms. The van der Waals surface area contributed by atoms with Crippen LogP contribution in [0.4, 0.5) is 22.7 Å². The molecule has 828 valence electrons. The number of anilines is 4. The van der Waals surface area contributed by atoms with E-state index in [4.69, 9.17) is 88.6 Å². The molecular weight excluding hydrogens is 2100 g/mol. The van der Waals surface area contributed by atoms with Gasteiger partial charge in [0.2, 0.25) is 48.8 Å². The molecule has 8 aromatic rings. The maximum absolute atomic E-state index is 14.5. The van der Waals surface area contributed by atoms with Crippen LogP contribution in [0.3, 0.4) is 0 Å². The van der Waals surface area contributed by atoms with Crippen molar-refractivity contribution in [1.29, 1.82) is 0 Å². The summed E-state index contributed by atoms with van der Waals surface area (Å²) in [4.78, 5) is 104. The van der Waals surface area contributed by atoms with E-state index in [9.17, 15) is 139 Å². The van der Waals surface area contributed by atoms with Crippen molar-refractivity contribution in [2.24, 2.45) is 0 Å². The summed E-state index contributed by atoms with van der Waals surface area (Å²) < 4.78 is 160. The summed E-state index contributed by atoms with van der Waals surface area (Å²) in [6.07, 6.45) is -38.3. The summed E-state index contributed by atoms with van der Waals surface area (Å²) in [5.41, 5.74) is 1.88. The minimum absolute atomic E-state index is 0.0179. The van der Waals surface area contributed by atoms with Gasteiger partial charge in [0.05, 0.1) is 82.2 Å². The third kappa shape index (κ3) is 33.5. The van der Waals surface area contributed by atoms with Gasteiger partial charge in [-0.1, -0.05) is 20.9 Å². The van der Waals surface area contributed by atoms with Crippen molar-refractivity contribution in [3.05, 3.63) is 145 Å². The van der Waals surface area contributed by atoms with E-state index in [1.165, 1.54) is 122 Å². The minimum atomic E-state index is -5.76. The predicted octanol–water partition coefficient (Wildman–Crippen LogP) is -5.90. The highest BCUT2D eigenvalue weighted by atomic mass is 31.2. The van der Waals surface area contributed by atoms with Crippen LogP contribution < -0.4 is 40.2 Å². The highest BCUT2D eigenvalue weighted by Gasteiger charge is 2.57. The fraction of sp³-hybridized carbons (Fsp3) is 0.566. The van der Waals surface area contributed by atoms with Crippen LogP contribution in [0, 0.1) is 0 Å². The molecule has 5 saturated heterocycles. The van der Waals surface area contributed by atoms with Gasteiger partial charge in [-0.15, -0.1) is 25.1 Å². The third-order valence-electron chi connectivity index (χ3n) is 22.8. The number of aromatic nitrogens is 12. The van der Waals surface area contributed by atoms with Gasteiger partial charge >= 0.3 is 31.3 Å². The number of ether oxygens (including phenoxy) is 10. The van der Waals surface area contributed by atoms with Gasteiger partial charge in [0.1, 0.15) is 165 Å². The molecular formula is C83H114N16O47P4. The van der Waals surface area contributed by atoms with Gasteiger partial charge < -0.3 is 170 Å². The number of benzene rings is 4. The largest absolute Gasteiger partial charge is 0.499 e. The van der Waals surface area contributed by atoms with Crippen molar-refractivity contribution in [2.75, 3.05) is 87.8 Å². The van der Waals surface area contributed by atoms with Crippen molar-refractivity contribution in [2.45, 2.75) is 231 Å². The van der Waals surface area contributed by atoms with Gasteiger partial charge in [0.15, 0.2) is 12.4 Å².